The van der Waals surface area contributed by atoms with Crippen molar-refractivity contribution in [2.45, 2.75) is 19.4 Å². The van der Waals surface area contributed by atoms with E-state index in [4.69, 9.17) is 21.1 Å². The first-order valence-electron chi connectivity index (χ1n) is 10.8. The van der Waals surface area contributed by atoms with Gasteiger partial charge in [0, 0.05) is 12.5 Å². The van der Waals surface area contributed by atoms with Gasteiger partial charge in [0.15, 0.2) is 0 Å². The van der Waals surface area contributed by atoms with Gasteiger partial charge in [-0.2, -0.15) is 5.26 Å². The molecule has 0 aromatic heterocycles. The van der Waals surface area contributed by atoms with Crippen molar-refractivity contribution in [2.75, 3.05) is 19.5 Å². The average molecular weight is 514 g/mol. The minimum Gasteiger partial charge on any atom is -0.492 e. The largest absolute Gasteiger partial charge is 0.492 e. The Morgan fingerprint density at radius 1 is 1.23 bits per heavy atom. The molecule has 1 aliphatic heterocycles. The average Bonchev–Trinajstić information content (AvgIpc) is 2.87. The van der Waals surface area contributed by atoms with Crippen molar-refractivity contribution >= 4 is 41.1 Å². The number of thioether (sulfide) groups is 1. The second-order valence-electron chi connectivity index (χ2n) is 7.50. The van der Waals surface area contributed by atoms with Crippen LogP contribution in [0.3, 0.4) is 0 Å². The number of amides is 2. The number of nitrogens with zero attached hydrogens (tertiary/aromatic N) is 1. The maximum absolute atomic E-state index is 12.9. The molecule has 1 heterocycles. The standard InChI is InChI=1S/C25H24ClN3O5S/c1-3-34-19-10-9-16(11-18(19)26)21-17(12-27)24(29-23(31)22(21)25(32)33-2)35-14-20(30)28-13-15-7-5-4-6-8-15/h4-11,21-22H,3,13-14H2,1-2H3,(H,28,30)(H,29,31)/t21-,22+/m0/s1. The van der Waals surface area contributed by atoms with Crippen molar-refractivity contribution in [3.05, 3.63) is 75.3 Å². The molecule has 0 radical (unpaired) electrons. The highest BCUT2D eigenvalue weighted by Gasteiger charge is 2.44. The molecule has 0 bridgehead atoms. The molecule has 8 nitrogen and oxygen atoms in total. The topological polar surface area (TPSA) is 118 Å². The van der Waals surface area contributed by atoms with E-state index in [-0.39, 0.29) is 27.3 Å². The Kier molecular flexibility index (Phi) is 9.18. The summed E-state index contributed by atoms with van der Waals surface area (Å²) >= 11 is 7.36. The summed E-state index contributed by atoms with van der Waals surface area (Å²) in [5, 5.41) is 15.9. The summed E-state index contributed by atoms with van der Waals surface area (Å²) in [6.07, 6.45) is 0. The number of hydrogen-bond acceptors (Lipinski definition) is 7. The molecule has 3 rings (SSSR count). The smallest absolute Gasteiger partial charge is 0.319 e. The van der Waals surface area contributed by atoms with E-state index in [2.05, 4.69) is 16.7 Å². The number of allylic oxidation sites excluding steroid dienone is 1. The van der Waals surface area contributed by atoms with Gasteiger partial charge in [-0.1, -0.05) is 59.8 Å². The van der Waals surface area contributed by atoms with Crippen LogP contribution in [0.4, 0.5) is 0 Å². The van der Waals surface area contributed by atoms with Gasteiger partial charge < -0.3 is 20.1 Å². The molecule has 0 aliphatic carbocycles. The second kappa shape index (κ2) is 12.3. The van der Waals surface area contributed by atoms with Gasteiger partial charge in [0.1, 0.15) is 11.7 Å². The number of halogens is 1. The summed E-state index contributed by atoms with van der Waals surface area (Å²) in [6, 6.07) is 16.4. The highest BCUT2D eigenvalue weighted by atomic mass is 35.5. The Morgan fingerprint density at radius 3 is 2.60 bits per heavy atom. The first kappa shape index (κ1) is 26.1. The lowest BCUT2D eigenvalue weighted by molar-refractivity contribution is -0.150. The third kappa shape index (κ3) is 6.35. The molecule has 2 amide bonds. The fraction of sp³-hybridized carbons (Fsp3) is 0.280. The van der Waals surface area contributed by atoms with Crippen LogP contribution in [-0.2, 0) is 25.7 Å². The summed E-state index contributed by atoms with van der Waals surface area (Å²) in [5.74, 6) is -3.50. The highest BCUT2D eigenvalue weighted by molar-refractivity contribution is 8.03. The Balaban J connectivity index is 1.87. The quantitative estimate of drug-likeness (QED) is 0.389. The summed E-state index contributed by atoms with van der Waals surface area (Å²) in [5.41, 5.74) is 1.56. The van der Waals surface area contributed by atoms with E-state index in [1.807, 2.05) is 37.3 Å². The molecule has 0 fully saturated rings. The molecule has 35 heavy (non-hydrogen) atoms. The molecule has 2 N–H and O–H groups in total. The van der Waals surface area contributed by atoms with Crippen LogP contribution in [0.2, 0.25) is 5.02 Å². The normalized spacial score (nSPS) is 17.3. The molecule has 0 saturated heterocycles. The minimum absolute atomic E-state index is 0.0345. The molecule has 0 saturated carbocycles. The third-order valence-electron chi connectivity index (χ3n) is 5.28. The number of carbonyl (C=O) groups is 3. The van der Waals surface area contributed by atoms with Crippen molar-refractivity contribution in [1.82, 2.24) is 10.6 Å². The molecule has 0 unspecified atom stereocenters. The first-order valence-corrected chi connectivity index (χ1v) is 12.1. The lowest BCUT2D eigenvalue weighted by Gasteiger charge is -2.31. The zero-order valence-corrected chi connectivity index (χ0v) is 20.7. The van der Waals surface area contributed by atoms with Crippen LogP contribution in [0.5, 0.6) is 5.75 Å². The van der Waals surface area contributed by atoms with Crippen LogP contribution in [0, 0.1) is 17.2 Å². The van der Waals surface area contributed by atoms with Crippen molar-refractivity contribution in [1.29, 1.82) is 5.26 Å². The van der Waals surface area contributed by atoms with E-state index in [9.17, 15) is 19.6 Å². The van der Waals surface area contributed by atoms with Crippen LogP contribution < -0.4 is 15.4 Å². The van der Waals surface area contributed by atoms with Gasteiger partial charge in [0.25, 0.3) is 0 Å². The predicted octanol–water partition coefficient (Wildman–Crippen LogP) is 3.53. The Bertz CT molecular complexity index is 1180. The van der Waals surface area contributed by atoms with Crippen molar-refractivity contribution in [3.63, 3.8) is 0 Å². The van der Waals surface area contributed by atoms with E-state index < -0.39 is 23.7 Å². The molecule has 2 aromatic rings. The second-order valence-corrected chi connectivity index (χ2v) is 8.89. The molecule has 10 heteroatoms. The van der Waals surface area contributed by atoms with E-state index in [0.29, 0.717) is 24.5 Å². The summed E-state index contributed by atoms with van der Waals surface area (Å²) in [7, 11) is 1.18. The number of ether oxygens (including phenoxy) is 2. The van der Waals surface area contributed by atoms with E-state index in [1.165, 1.54) is 7.11 Å². The van der Waals surface area contributed by atoms with Gasteiger partial charge in [-0.3, -0.25) is 14.4 Å². The van der Waals surface area contributed by atoms with Crippen LogP contribution in [0.25, 0.3) is 0 Å². The maximum Gasteiger partial charge on any atom is 0.319 e. The van der Waals surface area contributed by atoms with Gasteiger partial charge in [-0.25, -0.2) is 0 Å². The lowest BCUT2D eigenvalue weighted by atomic mass is 9.78. The van der Waals surface area contributed by atoms with Gasteiger partial charge in [0.2, 0.25) is 11.8 Å². The number of nitriles is 1. The number of nitrogens with one attached hydrogen (secondary N) is 2. The SMILES string of the molecule is CCOc1ccc([C@H]2C(C#N)=C(SCC(=O)NCc3ccccc3)NC(=O)[C@@H]2C(=O)OC)cc1Cl. The fourth-order valence-electron chi connectivity index (χ4n) is 3.65. The Labute approximate surface area is 212 Å². The number of benzene rings is 2. The molecular weight excluding hydrogens is 490 g/mol. The Morgan fingerprint density at radius 2 is 1.97 bits per heavy atom. The third-order valence-corrected chi connectivity index (χ3v) is 6.59. The predicted molar refractivity (Wildman–Crippen MR) is 132 cm³/mol. The summed E-state index contributed by atoms with van der Waals surface area (Å²) in [4.78, 5) is 37.9. The maximum atomic E-state index is 12.9. The molecule has 2 atom stereocenters. The van der Waals surface area contributed by atoms with Gasteiger partial charge in [-0.05, 0) is 30.2 Å². The van der Waals surface area contributed by atoms with Crippen LogP contribution in [0.1, 0.15) is 24.0 Å². The monoisotopic (exact) mass is 513 g/mol. The van der Waals surface area contributed by atoms with Crippen LogP contribution in [-0.4, -0.2) is 37.3 Å². The van der Waals surface area contributed by atoms with Gasteiger partial charge >= 0.3 is 5.97 Å². The van der Waals surface area contributed by atoms with Crippen molar-refractivity contribution in [3.8, 4) is 11.8 Å². The fourth-order valence-corrected chi connectivity index (χ4v) is 4.77. The number of carbonyl (C=O) groups excluding carboxylic acids is 3. The molecule has 0 spiro atoms. The van der Waals surface area contributed by atoms with E-state index in [1.54, 1.807) is 18.2 Å². The van der Waals surface area contributed by atoms with Gasteiger partial charge in [-0.15, -0.1) is 0 Å². The number of esters is 1. The zero-order valence-electron chi connectivity index (χ0n) is 19.2. The van der Waals surface area contributed by atoms with Crippen LogP contribution in [0.15, 0.2) is 59.1 Å². The van der Waals surface area contributed by atoms with Crippen molar-refractivity contribution in [2.24, 2.45) is 5.92 Å². The van der Waals surface area contributed by atoms with Crippen LogP contribution >= 0.6 is 23.4 Å². The number of methoxy groups -OCH3 is 1. The number of hydrogen-bond donors (Lipinski definition) is 2. The summed E-state index contributed by atoms with van der Waals surface area (Å²) in [6.45, 7) is 2.58. The minimum atomic E-state index is -1.29. The lowest BCUT2D eigenvalue weighted by Crippen LogP contribution is -2.44. The number of rotatable bonds is 9. The molecule has 182 valence electrons. The Hall–Kier alpha value is -3.48. The summed E-state index contributed by atoms with van der Waals surface area (Å²) < 4.78 is 10.3. The molecule has 2 aromatic carbocycles. The first-order chi connectivity index (χ1) is 16.9. The van der Waals surface area contributed by atoms with E-state index >= 15 is 0 Å². The molecule has 1 aliphatic rings. The van der Waals surface area contributed by atoms with E-state index in [0.717, 1.165) is 17.3 Å². The molecular formula is C25H24ClN3O5S. The highest BCUT2D eigenvalue weighted by Crippen LogP contribution is 2.42. The van der Waals surface area contributed by atoms with Gasteiger partial charge in [0.05, 0.1) is 41.2 Å². The van der Waals surface area contributed by atoms with Crippen molar-refractivity contribution < 1.29 is 23.9 Å². The zero-order chi connectivity index (χ0) is 25.4.